The first-order valence-corrected chi connectivity index (χ1v) is 9.36. The number of aliphatic hydroxyl groups excluding tert-OH is 1. The third kappa shape index (κ3) is 3.95. The summed E-state index contributed by atoms with van der Waals surface area (Å²) < 4.78 is 27.5. The average Bonchev–Trinajstić information content (AvgIpc) is 2.89. The molecule has 0 aliphatic carbocycles. The van der Waals surface area contributed by atoms with Gasteiger partial charge in [-0.1, -0.05) is 6.07 Å². The van der Waals surface area contributed by atoms with Gasteiger partial charge >= 0.3 is 0 Å². The highest BCUT2D eigenvalue weighted by Crippen LogP contribution is 2.27. The van der Waals surface area contributed by atoms with E-state index in [1.54, 1.807) is 12.1 Å². The largest absolute Gasteiger partial charge is 0.392 e. The number of nitrogens with one attached hydrogen (secondary N) is 1. The zero-order chi connectivity index (χ0) is 13.9. The van der Waals surface area contributed by atoms with Crippen LogP contribution in [0.25, 0.3) is 0 Å². The predicted molar refractivity (Wildman–Crippen MR) is 80.7 cm³/mol. The molecule has 1 aliphatic heterocycles. The molecule has 1 saturated heterocycles. The van der Waals surface area contributed by atoms with E-state index in [1.807, 2.05) is 11.8 Å². The van der Waals surface area contributed by atoms with Crippen molar-refractivity contribution < 1.29 is 13.5 Å². The lowest BCUT2D eigenvalue weighted by Gasteiger charge is -2.12. The summed E-state index contributed by atoms with van der Waals surface area (Å²) in [4.78, 5) is 0.215. The van der Waals surface area contributed by atoms with Gasteiger partial charge in [-0.05, 0) is 52.2 Å². The van der Waals surface area contributed by atoms with Gasteiger partial charge in [0.25, 0.3) is 0 Å². The van der Waals surface area contributed by atoms with Crippen molar-refractivity contribution in [3.05, 3.63) is 28.2 Å². The van der Waals surface area contributed by atoms with E-state index in [0.29, 0.717) is 21.8 Å². The van der Waals surface area contributed by atoms with E-state index in [-0.39, 0.29) is 11.5 Å². The molecule has 0 amide bonds. The number of thioether (sulfide) groups is 1. The van der Waals surface area contributed by atoms with Gasteiger partial charge in [0.15, 0.2) is 0 Å². The van der Waals surface area contributed by atoms with Crippen LogP contribution in [-0.2, 0) is 16.6 Å². The second kappa shape index (κ2) is 6.58. The number of aliphatic hydroxyl groups is 1. The molecule has 0 aromatic heterocycles. The molecule has 0 radical (unpaired) electrons. The molecule has 7 heteroatoms. The number of halogens is 1. The Hall–Kier alpha value is -0.0800. The van der Waals surface area contributed by atoms with Gasteiger partial charge in [0.05, 0.1) is 11.5 Å². The summed E-state index contributed by atoms with van der Waals surface area (Å²) in [6.07, 6.45) is 2.23. The minimum Gasteiger partial charge on any atom is -0.392 e. The second-order valence-electron chi connectivity index (χ2n) is 4.41. The van der Waals surface area contributed by atoms with Crippen molar-refractivity contribution in [3.63, 3.8) is 0 Å². The minimum absolute atomic E-state index is 0.106. The molecule has 1 atom stereocenters. The summed E-state index contributed by atoms with van der Waals surface area (Å²) in [6, 6.07) is 4.75. The van der Waals surface area contributed by atoms with Crippen LogP contribution in [0.2, 0.25) is 0 Å². The highest BCUT2D eigenvalue weighted by molar-refractivity contribution is 9.10. The Kier molecular flexibility index (Phi) is 5.30. The Morgan fingerprint density at radius 3 is 2.84 bits per heavy atom. The van der Waals surface area contributed by atoms with Gasteiger partial charge in [-0.25, -0.2) is 13.1 Å². The summed E-state index contributed by atoms with van der Waals surface area (Å²) in [5, 5.41) is 9.39. The van der Waals surface area contributed by atoms with Crippen LogP contribution in [0.3, 0.4) is 0 Å². The molecule has 4 nitrogen and oxygen atoms in total. The average molecular weight is 366 g/mol. The van der Waals surface area contributed by atoms with Crippen LogP contribution < -0.4 is 4.72 Å². The maximum absolute atomic E-state index is 12.2. The van der Waals surface area contributed by atoms with E-state index in [0.717, 1.165) is 18.6 Å². The fourth-order valence-corrected chi connectivity index (χ4v) is 5.46. The molecule has 2 rings (SSSR count). The molecular weight excluding hydrogens is 350 g/mol. The minimum atomic E-state index is -3.50. The molecule has 19 heavy (non-hydrogen) atoms. The van der Waals surface area contributed by atoms with Crippen molar-refractivity contribution in [2.45, 2.75) is 29.6 Å². The quantitative estimate of drug-likeness (QED) is 0.838. The molecule has 1 aromatic carbocycles. The van der Waals surface area contributed by atoms with Crippen LogP contribution in [0, 0.1) is 0 Å². The lowest BCUT2D eigenvalue weighted by Crippen LogP contribution is -2.30. The Labute approximate surface area is 126 Å². The first kappa shape index (κ1) is 15.3. The van der Waals surface area contributed by atoms with Crippen LogP contribution in [0.1, 0.15) is 18.4 Å². The predicted octanol–water partition coefficient (Wildman–Crippen LogP) is 2.12. The number of rotatable bonds is 5. The molecule has 1 unspecified atom stereocenters. The molecule has 2 N–H and O–H groups in total. The summed E-state index contributed by atoms with van der Waals surface area (Å²) >= 11 is 5.06. The molecule has 1 heterocycles. The standard InChI is InChI=1S/C12H16BrNO3S2/c13-11-6-9(8-15)3-4-12(11)19(16,17)14-7-10-2-1-5-18-10/h3-4,6,10,14-15H,1-2,5,7-8H2. The van der Waals surface area contributed by atoms with Crippen molar-refractivity contribution in [1.82, 2.24) is 4.72 Å². The van der Waals surface area contributed by atoms with E-state index in [4.69, 9.17) is 5.11 Å². The van der Waals surface area contributed by atoms with Gasteiger partial charge in [-0.2, -0.15) is 11.8 Å². The Balaban J connectivity index is 2.10. The molecule has 106 valence electrons. The third-order valence-corrected chi connectivity index (χ3v) is 6.79. The summed E-state index contributed by atoms with van der Waals surface area (Å²) in [5.41, 5.74) is 0.678. The fourth-order valence-electron chi connectivity index (χ4n) is 1.95. The highest BCUT2D eigenvalue weighted by Gasteiger charge is 2.21. The summed E-state index contributed by atoms with van der Waals surface area (Å²) in [7, 11) is -3.50. The van der Waals surface area contributed by atoms with Gasteiger partial charge in [0.2, 0.25) is 10.0 Å². The zero-order valence-corrected chi connectivity index (χ0v) is 13.5. The Morgan fingerprint density at radius 1 is 1.47 bits per heavy atom. The molecule has 0 saturated carbocycles. The van der Waals surface area contributed by atoms with Gasteiger partial charge in [-0.3, -0.25) is 0 Å². The maximum atomic E-state index is 12.2. The van der Waals surface area contributed by atoms with Gasteiger partial charge < -0.3 is 5.11 Å². The Morgan fingerprint density at radius 2 is 2.26 bits per heavy atom. The number of benzene rings is 1. The monoisotopic (exact) mass is 365 g/mol. The van der Waals surface area contributed by atoms with Crippen LogP contribution in [0.5, 0.6) is 0 Å². The zero-order valence-electron chi connectivity index (χ0n) is 10.3. The van der Waals surface area contributed by atoms with Crippen molar-refractivity contribution in [2.75, 3.05) is 12.3 Å². The van der Waals surface area contributed by atoms with Crippen LogP contribution >= 0.6 is 27.7 Å². The normalized spacial score (nSPS) is 19.8. The van der Waals surface area contributed by atoms with E-state index >= 15 is 0 Å². The molecule has 0 bridgehead atoms. The van der Waals surface area contributed by atoms with Crippen LogP contribution in [-0.4, -0.2) is 31.1 Å². The third-order valence-electron chi connectivity index (χ3n) is 2.99. The van der Waals surface area contributed by atoms with Crippen LogP contribution in [0.15, 0.2) is 27.6 Å². The van der Waals surface area contributed by atoms with Crippen molar-refractivity contribution in [1.29, 1.82) is 0 Å². The van der Waals surface area contributed by atoms with E-state index in [2.05, 4.69) is 20.7 Å². The van der Waals surface area contributed by atoms with E-state index < -0.39 is 10.0 Å². The van der Waals surface area contributed by atoms with Crippen molar-refractivity contribution in [2.24, 2.45) is 0 Å². The van der Waals surface area contributed by atoms with Gasteiger partial charge in [0.1, 0.15) is 0 Å². The second-order valence-corrected chi connectivity index (χ2v) is 8.41. The van der Waals surface area contributed by atoms with Gasteiger partial charge in [-0.15, -0.1) is 0 Å². The molecule has 1 aliphatic rings. The molecule has 0 spiro atoms. The summed E-state index contributed by atoms with van der Waals surface area (Å²) in [6.45, 7) is 0.367. The first-order valence-electron chi connectivity index (χ1n) is 6.03. The topological polar surface area (TPSA) is 66.4 Å². The Bertz CT molecular complexity index is 542. The van der Waals surface area contributed by atoms with Crippen molar-refractivity contribution >= 4 is 37.7 Å². The SMILES string of the molecule is O=S(=O)(NCC1CCCS1)c1ccc(CO)cc1Br. The van der Waals surface area contributed by atoms with E-state index in [9.17, 15) is 8.42 Å². The van der Waals surface area contributed by atoms with Gasteiger partial charge in [0, 0.05) is 16.3 Å². The smallest absolute Gasteiger partial charge is 0.241 e. The number of sulfonamides is 1. The molecule has 1 aromatic rings. The first-order chi connectivity index (χ1) is 9.03. The maximum Gasteiger partial charge on any atom is 0.241 e. The lowest BCUT2D eigenvalue weighted by atomic mass is 10.2. The number of hydrogen-bond donors (Lipinski definition) is 2. The summed E-state index contributed by atoms with van der Waals surface area (Å²) in [5.74, 6) is 1.11. The van der Waals surface area contributed by atoms with Crippen molar-refractivity contribution in [3.8, 4) is 0 Å². The fraction of sp³-hybridized carbons (Fsp3) is 0.500. The molecular formula is C12H16BrNO3S2. The molecule has 1 fully saturated rings. The van der Waals surface area contributed by atoms with E-state index in [1.165, 1.54) is 6.07 Å². The lowest BCUT2D eigenvalue weighted by molar-refractivity contribution is 0.281. The number of hydrogen-bond acceptors (Lipinski definition) is 4. The van der Waals surface area contributed by atoms with Crippen LogP contribution in [0.4, 0.5) is 0 Å². The highest BCUT2D eigenvalue weighted by atomic mass is 79.9.